The number of carbonyl (C=O) groups excluding carboxylic acids is 1. The van der Waals surface area contributed by atoms with Gasteiger partial charge in [-0.15, -0.1) is 0 Å². The van der Waals surface area contributed by atoms with Crippen LogP contribution in [0, 0.1) is 0 Å². The van der Waals surface area contributed by atoms with E-state index in [1.807, 2.05) is 0 Å². The quantitative estimate of drug-likeness (QED) is 0.662. The molecule has 1 amide bonds. The Morgan fingerprint density at radius 3 is 2.67 bits per heavy atom. The van der Waals surface area contributed by atoms with Crippen LogP contribution in [0.15, 0.2) is 0 Å². The van der Waals surface area contributed by atoms with Gasteiger partial charge in [-0.1, -0.05) is 19.8 Å². The van der Waals surface area contributed by atoms with Gasteiger partial charge in [0.2, 0.25) is 5.91 Å². The second kappa shape index (κ2) is 7.09. The fraction of sp³-hybridized carbons (Fsp3) is 0.917. The zero-order chi connectivity index (χ0) is 13.6. The number of hydrogen-bond donors (Lipinski definition) is 2. The van der Waals surface area contributed by atoms with Crippen molar-refractivity contribution >= 4 is 15.7 Å². The zero-order valence-electron chi connectivity index (χ0n) is 11.2. The molecule has 6 heteroatoms. The molecule has 0 aliphatic carbocycles. The number of amides is 1. The highest BCUT2D eigenvalue weighted by Gasteiger charge is 2.29. The van der Waals surface area contributed by atoms with Crippen molar-refractivity contribution in [1.29, 1.82) is 0 Å². The monoisotopic (exact) mass is 276 g/mol. The first-order chi connectivity index (χ1) is 8.44. The maximum absolute atomic E-state index is 11.7. The topological polar surface area (TPSA) is 75.3 Å². The van der Waals surface area contributed by atoms with Gasteiger partial charge in [0.25, 0.3) is 0 Å². The standard InChI is InChI=1S/C12H24N2O3S/c1-3-4-5-7-13-12(15)10(2)14-11-6-8-18(16,17)9-11/h10-11,14H,3-9H2,1-2H3,(H,13,15). The molecule has 1 saturated heterocycles. The summed E-state index contributed by atoms with van der Waals surface area (Å²) in [5.41, 5.74) is 0. The predicted octanol–water partition coefficient (Wildman–Crippen LogP) is 0.458. The third kappa shape index (κ3) is 5.35. The Morgan fingerprint density at radius 2 is 2.11 bits per heavy atom. The minimum absolute atomic E-state index is 0.0459. The van der Waals surface area contributed by atoms with E-state index in [1.165, 1.54) is 0 Å². The van der Waals surface area contributed by atoms with Crippen molar-refractivity contribution in [3.8, 4) is 0 Å². The van der Waals surface area contributed by atoms with Crippen molar-refractivity contribution in [2.45, 2.75) is 51.6 Å². The Morgan fingerprint density at radius 1 is 1.39 bits per heavy atom. The van der Waals surface area contributed by atoms with Crippen LogP contribution in [0.3, 0.4) is 0 Å². The molecule has 2 atom stereocenters. The Labute approximate surface area is 110 Å². The van der Waals surface area contributed by atoms with E-state index in [-0.39, 0.29) is 29.5 Å². The summed E-state index contributed by atoms with van der Waals surface area (Å²) in [6.45, 7) is 4.59. The van der Waals surface area contributed by atoms with E-state index >= 15 is 0 Å². The van der Waals surface area contributed by atoms with Crippen LogP contribution in [-0.4, -0.2) is 44.5 Å². The summed E-state index contributed by atoms with van der Waals surface area (Å²) < 4.78 is 22.6. The normalized spacial score (nSPS) is 23.8. The summed E-state index contributed by atoms with van der Waals surface area (Å²) in [6, 6.07) is -0.406. The molecular formula is C12H24N2O3S. The molecule has 0 aromatic rings. The summed E-state index contributed by atoms with van der Waals surface area (Å²) in [4.78, 5) is 11.7. The van der Waals surface area contributed by atoms with Crippen molar-refractivity contribution in [2.24, 2.45) is 0 Å². The van der Waals surface area contributed by atoms with Gasteiger partial charge in [0, 0.05) is 12.6 Å². The van der Waals surface area contributed by atoms with Crippen LogP contribution in [-0.2, 0) is 14.6 Å². The molecule has 106 valence electrons. The molecule has 0 bridgehead atoms. The average Bonchev–Trinajstić information content (AvgIpc) is 2.63. The molecule has 2 N–H and O–H groups in total. The van der Waals surface area contributed by atoms with Gasteiger partial charge < -0.3 is 10.6 Å². The largest absolute Gasteiger partial charge is 0.355 e. The molecule has 0 spiro atoms. The lowest BCUT2D eigenvalue weighted by molar-refractivity contribution is -0.122. The lowest BCUT2D eigenvalue weighted by Crippen LogP contribution is -2.47. The molecule has 1 heterocycles. The van der Waals surface area contributed by atoms with E-state index in [9.17, 15) is 13.2 Å². The summed E-state index contributed by atoms with van der Waals surface area (Å²) in [7, 11) is -2.89. The van der Waals surface area contributed by atoms with Gasteiger partial charge in [0.1, 0.15) is 0 Å². The summed E-state index contributed by atoms with van der Waals surface area (Å²) in [5, 5.41) is 5.94. The first-order valence-corrected chi connectivity index (χ1v) is 8.51. The van der Waals surface area contributed by atoms with E-state index < -0.39 is 9.84 Å². The Hall–Kier alpha value is -0.620. The number of unbranched alkanes of at least 4 members (excludes halogenated alkanes) is 2. The Kier molecular flexibility index (Phi) is 6.08. The molecule has 0 saturated carbocycles. The molecule has 0 aromatic heterocycles. The van der Waals surface area contributed by atoms with Crippen molar-refractivity contribution < 1.29 is 13.2 Å². The van der Waals surface area contributed by atoms with E-state index in [2.05, 4.69) is 17.6 Å². The van der Waals surface area contributed by atoms with Gasteiger partial charge in [-0.3, -0.25) is 4.79 Å². The fourth-order valence-corrected chi connectivity index (χ4v) is 3.78. The van der Waals surface area contributed by atoms with E-state index in [1.54, 1.807) is 6.92 Å². The number of nitrogens with one attached hydrogen (secondary N) is 2. The van der Waals surface area contributed by atoms with E-state index in [0.29, 0.717) is 13.0 Å². The minimum Gasteiger partial charge on any atom is -0.355 e. The van der Waals surface area contributed by atoms with Gasteiger partial charge in [0.15, 0.2) is 9.84 Å². The lowest BCUT2D eigenvalue weighted by Gasteiger charge is -2.17. The van der Waals surface area contributed by atoms with E-state index in [4.69, 9.17) is 0 Å². The number of hydrogen-bond acceptors (Lipinski definition) is 4. The predicted molar refractivity (Wildman–Crippen MR) is 72.2 cm³/mol. The summed E-state index contributed by atoms with van der Waals surface area (Å²) >= 11 is 0. The third-order valence-corrected chi connectivity index (χ3v) is 4.96. The third-order valence-electron chi connectivity index (χ3n) is 3.19. The summed E-state index contributed by atoms with van der Waals surface area (Å²) in [6.07, 6.45) is 3.84. The van der Waals surface area contributed by atoms with Crippen LogP contribution in [0.1, 0.15) is 39.5 Å². The highest BCUT2D eigenvalue weighted by Crippen LogP contribution is 2.11. The van der Waals surface area contributed by atoms with Gasteiger partial charge in [-0.2, -0.15) is 0 Å². The van der Waals surface area contributed by atoms with Crippen molar-refractivity contribution in [1.82, 2.24) is 10.6 Å². The summed E-state index contributed by atoms with van der Waals surface area (Å²) in [5.74, 6) is 0.339. The zero-order valence-corrected chi connectivity index (χ0v) is 12.1. The fourth-order valence-electron chi connectivity index (χ4n) is 2.10. The van der Waals surface area contributed by atoms with Crippen LogP contribution in [0.4, 0.5) is 0 Å². The molecule has 1 rings (SSSR count). The maximum Gasteiger partial charge on any atom is 0.236 e. The smallest absolute Gasteiger partial charge is 0.236 e. The first-order valence-electron chi connectivity index (χ1n) is 6.69. The molecular weight excluding hydrogens is 252 g/mol. The molecule has 1 aliphatic rings. The van der Waals surface area contributed by atoms with Crippen LogP contribution in [0.2, 0.25) is 0 Å². The molecule has 1 fully saturated rings. The van der Waals surface area contributed by atoms with Crippen LogP contribution in [0.25, 0.3) is 0 Å². The van der Waals surface area contributed by atoms with Gasteiger partial charge >= 0.3 is 0 Å². The van der Waals surface area contributed by atoms with Gasteiger partial charge in [-0.25, -0.2) is 8.42 Å². The first kappa shape index (κ1) is 15.4. The number of carbonyl (C=O) groups is 1. The minimum atomic E-state index is -2.89. The number of sulfone groups is 1. The maximum atomic E-state index is 11.7. The highest BCUT2D eigenvalue weighted by molar-refractivity contribution is 7.91. The molecule has 5 nitrogen and oxygen atoms in total. The SMILES string of the molecule is CCCCCNC(=O)C(C)NC1CCS(=O)(=O)C1. The highest BCUT2D eigenvalue weighted by atomic mass is 32.2. The average molecular weight is 276 g/mol. The van der Waals surface area contributed by atoms with Crippen LogP contribution in [0.5, 0.6) is 0 Å². The molecule has 2 unspecified atom stereocenters. The second-order valence-corrected chi connectivity index (χ2v) is 7.22. The van der Waals surface area contributed by atoms with Crippen LogP contribution >= 0.6 is 0 Å². The Bertz CT molecular complexity index is 368. The van der Waals surface area contributed by atoms with Crippen molar-refractivity contribution in [3.05, 3.63) is 0 Å². The van der Waals surface area contributed by atoms with E-state index in [0.717, 1.165) is 19.3 Å². The lowest BCUT2D eigenvalue weighted by atomic mass is 10.2. The Balaban J connectivity index is 2.23. The van der Waals surface area contributed by atoms with Crippen molar-refractivity contribution in [2.75, 3.05) is 18.1 Å². The molecule has 0 radical (unpaired) electrons. The van der Waals surface area contributed by atoms with Gasteiger partial charge in [0.05, 0.1) is 17.5 Å². The molecule has 0 aromatic carbocycles. The second-order valence-electron chi connectivity index (χ2n) is 4.99. The molecule has 1 aliphatic heterocycles. The molecule has 18 heavy (non-hydrogen) atoms. The van der Waals surface area contributed by atoms with Crippen LogP contribution < -0.4 is 10.6 Å². The van der Waals surface area contributed by atoms with Crippen molar-refractivity contribution in [3.63, 3.8) is 0 Å². The number of rotatable bonds is 7. The van der Waals surface area contributed by atoms with Gasteiger partial charge in [-0.05, 0) is 19.8 Å².